The Hall–Kier alpha value is -0.770. The van der Waals surface area contributed by atoms with E-state index in [9.17, 15) is 4.79 Å². The van der Waals surface area contributed by atoms with Gasteiger partial charge in [0.2, 0.25) is 0 Å². The summed E-state index contributed by atoms with van der Waals surface area (Å²) in [5.74, 6) is 0.617. The van der Waals surface area contributed by atoms with Gasteiger partial charge in [-0.1, -0.05) is 0 Å². The number of carbonyl (C=O) groups excluding carboxylic acids is 1. The summed E-state index contributed by atoms with van der Waals surface area (Å²) in [6.07, 6.45) is 5.73. The van der Waals surface area contributed by atoms with E-state index in [-0.39, 0.29) is 6.03 Å². The molecular formula is C12H22N2O2. The van der Waals surface area contributed by atoms with Crippen molar-refractivity contribution >= 4 is 6.03 Å². The number of hydrogen-bond acceptors (Lipinski definition) is 2. The lowest BCUT2D eigenvalue weighted by atomic mass is 9.93. The van der Waals surface area contributed by atoms with Gasteiger partial charge in [0, 0.05) is 32.8 Å². The van der Waals surface area contributed by atoms with Crippen LogP contribution in [0.3, 0.4) is 0 Å². The number of nitrogens with zero attached hydrogens (tertiary/aromatic N) is 1. The zero-order valence-electron chi connectivity index (χ0n) is 10.1. The molecule has 0 unspecified atom stereocenters. The molecule has 1 heterocycles. The van der Waals surface area contributed by atoms with Crippen LogP contribution in [-0.4, -0.2) is 43.8 Å². The Kier molecular flexibility index (Phi) is 4.04. The molecule has 0 bridgehead atoms. The zero-order valence-corrected chi connectivity index (χ0v) is 10.1. The number of ether oxygens (including phenoxy) is 1. The highest BCUT2D eigenvalue weighted by Gasteiger charge is 2.23. The maximum Gasteiger partial charge on any atom is 0.317 e. The van der Waals surface area contributed by atoms with Crippen molar-refractivity contribution in [1.82, 2.24) is 10.2 Å². The highest BCUT2D eigenvalue weighted by molar-refractivity contribution is 5.74. The summed E-state index contributed by atoms with van der Waals surface area (Å²) in [5.41, 5.74) is 0. The molecule has 4 nitrogen and oxygen atoms in total. The van der Waals surface area contributed by atoms with Gasteiger partial charge in [-0.3, -0.25) is 0 Å². The second kappa shape index (κ2) is 5.53. The molecule has 0 aromatic rings. The molecule has 0 radical (unpaired) electrons. The van der Waals surface area contributed by atoms with Gasteiger partial charge in [-0.15, -0.1) is 0 Å². The number of nitrogens with one attached hydrogen (secondary N) is 1. The smallest absolute Gasteiger partial charge is 0.317 e. The maximum absolute atomic E-state index is 11.8. The van der Waals surface area contributed by atoms with E-state index in [1.54, 1.807) is 0 Å². The van der Waals surface area contributed by atoms with Crippen LogP contribution in [0.5, 0.6) is 0 Å². The first-order valence-electron chi connectivity index (χ1n) is 6.35. The van der Waals surface area contributed by atoms with Crippen molar-refractivity contribution in [2.45, 2.75) is 38.1 Å². The highest BCUT2D eigenvalue weighted by Crippen LogP contribution is 2.19. The Morgan fingerprint density at radius 3 is 2.56 bits per heavy atom. The SMILES string of the molecule is CN(CC1CCOCC1)C(=O)NC1CCC1. The summed E-state index contributed by atoms with van der Waals surface area (Å²) in [6, 6.07) is 0.529. The van der Waals surface area contributed by atoms with Gasteiger partial charge in [0.15, 0.2) is 0 Å². The first kappa shape index (κ1) is 11.7. The Morgan fingerprint density at radius 1 is 1.31 bits per heavy atom. The van der Waals surface area contributed by atoms with Gasteiger partial charge in [0.1, 0.15) is 0 Å². The number of carbonyl (C=O) groups is 1. The highest BCUT2D eigenvalue weighted by atomic mass is 16.5. The first-order chi connectivity index (χ1) is 7.75. The van der Waals surface area contributed by atoms with Crippen LogP contribution >= 0.6 is 0 Å². The quantitative estimate of drug-likeness (QED) is 0.794. The Balaban J connectivity index is 1.68. The number of hydrogen-bond donors (Lipinski definition) is 1. The molecule has 92 valence electrons. The van der Waals surface area contributed by atoms with E-state index < -0.39 is 0 Å². The van der Waals surface area contributed by atoms with Gasteiger partial charge in [-0.05, 0) is 38.0 Å². The second-order valence-electron chi connectivity index (χ2n) is 5.01. The molecule has 4 heteroatoms. The lowest BCUT2D eigenvalue weighted by molar-refractivity contribution is 0.0583. The van der Waals surface area contributed by atoms with Crippen molar-refractivity contribution in [3.05, 3.63) is 0 Å². The molecule has 1 aliphatic carbocycles. The van der Waals surface area contributed by atoms with Gasteiger partial charge >= 0.3 is 6.03 Å². The van der Waals surface area contributed by atoms with Gasteiger partial charge in [-0.2, -0.15) is 0 Å². The Morgan fingerprint density at radius 2 is 2.00 bits per heavy atom. The summed E-state index contributed by atoms with van der Waals surface area (Å²) in [4.78, 5) is 13.6. The van der Waals surface area contributed by atoms with Crippen molar-refractivity contribution in [2.75, 3.05) is 26.8 Å². The fourth-order valence-corrected chi connectivity index (χ4v) is 2.24. The van der Waals surface area contributed by atoms with E-state index in [2.05, 4.69) is 5.32 Å². The van der Waals surface area contributed by atoms with Crippen LogP contribution < -0.4 is 5.32 Å². The van der Waals surface area contributed by atoms with Crippen molar-refractivity contribution in [3.8, 4) is 0 Å². The Bertz CT molecular complexity index is 235. The lowest BCUT2D eigenvalue weighted by Gasteiger charge is -2.31. The van der Waals surface area contributed by atoms with Gasteiger partial charge in [-0.25, -0.2) is 4.79 Å². The molecule has 1 N–H and O–H groups in total. The van der Waals surface area contributed by atoms with Crippen LogP contribution in [0.4, 0.5) is 4.79 Å². The van der Waals surface area contributed by atoms with E-state index in [4.69, 9.17) is 4.74 Å². The molecule has 2 fully saturated rings. The summed E-state index contributed by atoms with van der Waals surface area (Å²) >= 11 is 0. The summed E-state index contributed by atoms with van der Waals surface area (Å²) < 4.78 is 5.31. The van der Waals surface area contributed by atoms with Crippen molar-refractivity contribution < 1.29 is 9.53 Å². The predicted molar refractivity (Wildman–Crippen MR) is 62.3 cm³/mol. The van der Waals surface area contributed by atoms with Crippen LogP contribution in [0.2, 0.25) is 0 Å². The maximum atomic E-state index is 11.8. The summed E-state index contributed by atoms with van der Waals surface area (Å²) in [5, 5.41) is 3.06. The largest absolute Gasteiger partial charge is 0.381 e. The van der Waals surface area contributed by atoms with E-state index >= 15 is 0 Å². The topological polar surface area (TPSA) is 41.6 Å². The normalized spacial score (nSPS) is 22.6. The first-order valence-corrected chi connectivity index (χ1v) is 6.35. The molecule has 0 atom stereocenters. The molecule has 2 aliphatic rings. The van der Waals surface area contributed by atoms with E-state index in [0.29, 0.717) is 12.0 Å². The number of amides is 2. The fraction of sp³-hybridized carbons (Fsp3) is 0.917. The molecule has 0 spiro atoms. The third-order valence-electron chi connectivity index (χ3n) is 3.65. The van der Waals surface area contributed by atoms with Gasteiger partial charge in [0.05, 0.1) is 0 Å². The molecule has 2 rings (SSSR count). The average Bonchev–Trinajstić information content (AvgIpc) is 2.24. The molecule has 1 saturated heterocycles. The number of rotatable bonds is 3. The molecule has 16 heavy (non-hydrogen) atoms. The standard InChI is InChI=1S/C12H22N2O2/c1-14(9-10-5-7-16-8-6-10)12(15)13-11-3-2-4-11/h10-11H,2-9H2,1H3,(H,13,15). The molecule has 1 aliphatic heterocycles. The van der Waals surface area contributed by atoms with Crippen LogP contribution in [0.15, 0.2) is 0 Å². The minimum atomic E-state index is 0.0937. The van der Waals surface area contributed by atoms with Crippen molar-refractivity contribution in [3.63, 3.8) is 0 Å². The lowest BCUT2D eigenvalue weighted by Crippen LogP contribution is -2.47. The van der Waals surface area contributed by atoms with E-state index in [1.807, 2.05) is 11.9 Å². The van der Waals surface area contributed by atoms with Crippen LogP contribution in [0.1, 0.15) is 32.1 Å². The van der Waals surface area contributed by atoms with Crippen LogP contribution in [-0.2, 0) is 4.74 Å². The molecule has 1 saturated carbocycles. The van der Waals surface area contributed by atoms with Crippen LogP contribution in [0.25, 0.3) is 0 Å². The number of urea groups is 1. The molecule has 2 amide bonds. The molecule has 0 aromatic heterocycles. The molecular weight excluding hydrogens is 204 g/mol. The third kappa shape index (κ3) is 3.11. The monoisotopic (exact) mass is 226 g/mol. The van der Waals surface area contributed by atoms with E-state index in [1.165, 1.54) is 6.42 Å². The minimum Gasteiger partial charge on any atom is -0.381 e. The average molecular weight is 226 g/mol. The van der Waals surface area contributed by atoms with Crippen LogP contribution in [0, 0.1) is 5.92 Å². The predicted octanol–water partition coefficient (Wildman–Crippen LogP) is 1.61. The summed E-state index contributed by atoms with van der Waals surface area (Å²) in [7, 11) is 1.89. The van der Waals surface area contributed by atoms with Crippen molar-refractivity contribution in [2.24, 2.45) is 5.92 Å². The van der Waals surface area contributed by atoms with Gasteiger partial charge in [0.25, 0.3) is 0 Å². The Labute approximate surface area is 97.3 Å². The fourth-order valence-electron chi connectivity index (χ4n) is 2.24. The zero-order chi connectivity index (χ0) is 11.4. The third-order valence-corrected chi connectivity index (χ3v) is 3.65. The van der Waals surface area contributed by atoms with E-state index in [0.717, 1.165) is 45.4 Å². The minimum absolute atomic E-state index is 0.0937. The van der Waals surface area contributed by atoms with Crippen molar-refractivity contribution in [1.29, 1.82) is 0 Å². The second-order valence-corrected chi connectivity index (χ2v) is 5.01. The molecule has 0 aromatic carbocycles. The summed E-state index contributed by atoms with van der Waals surface area (Å²) in [6.45, 7) is 2.56. The van der Waals surface area contributed by atoms with Gasteiger partial charge < -0.3 is 15.0 Å².